The number of rotatable bonds is 5. The Morgan fingerprint density at radius 3 is 1.67 bits per heavy atom. The summed E-state index contributed by atoms with van der Waals surface area (Å²) in [5.74, 6) is 0.740. The van der Waals surface area contributed by atoms with Crippen LogP contribution in [0.5, 0.6) is 0 Å². The van der Waals surface area contributed by atoms with Crippen molar-refractivity contribution in [3.63, 3.8) is 0 Å². The molecular formula is C15H16ClF6PS. The van der Waals surface area contributed by atoms with E-state index in [0.717, 1.165) is 18.7 Å². The Bertz CT molecular complexity index is 617. The van der Waals surface area contributed by atoms with Gasteiger partial charge in [-0.15, -0.1) is 11.6 Å². The van der Waals surface area contributed by atoms with Crippen LogP contribution in [0, 0.1) is 0 Å². The van der Waals surface area contributed by atoms with Gasteiger partial charge in [0.15, 0.2) is 9.79 Å². The topological polar surface area (TPSA) is 0 Å². The molecule has 0 heterocycles. The van der Waals surface area contributed by atoms with Gasteiger partial charge in [-0.1, -0.05) is 30.3 Å². The number of hydrogen-bond donors (Lipinski definition) is 0. The van der Waals surface area contributed by atoms with E-state index >= 15 is 0 Å². The number of thiol groups is 1. The molecule has 0 atom stereocenters. The number of aryl methyl sites for hydroxylation is 1. The van der Waals surface area contributed by atoms with Crippen molar-refractivity contribution >= 4 is 31.2 Å². The number of halogens is 7. The predicted molar refractivity (Wildman–Crippen MR) is 90.8 cm³/mol. The van der Waals surface area contributed by atoms with Gasteiger partial charge in [0, 0.05) is 17.6 Å². The first kappa shape index (κ1) is 21.1. The van der Waals surface area contributed by atoms with E-state index < -0.39 is 7.81 Å². The number of hydrogen-bond acceptors (Lipinski definition) is 0. The van der Waals surface area contributed by atoms with Crippen LogP contribution in [-0.4, -0.2) is 5.88 Å². The molecule has 0 bridgehead atoms. The molecule has 0 amide bonds. The van der Waals surface area contributed by atoms with Crippen molar-refractivity contribution in [2.45, 2.75) is 22.6 Å². The van der Waals surface area contributed by atoms with Crippen molar-refractivity contribution in [3.8, 4) is 0 Å². The Balaban J connectivity index is 0.000000351. The van der Waals surface area contributed by atoms with Crippen LogP contribution in [0.1, 0.15) is 12.0 Å². The molecule has 2 rings (SSSR count). The van der Waals surface area contributed by atoms with Gasteiger partial charge in [-0.25, -0.2) is 0 Å². The molecule has 0 spiro atoms. The van der Waals surface area contributed by atoms with Crippen molar-refractivity contribution in [1.29, 1.82) is 0 Å². The van der Waals surface area contributed by atoms with Gasteiger partial charge in [-0.2, -0.15) is 0 Å². The second-order valence-electron chi connectivity index (χ2n) is 4.86. The van der Waals surface area contributed by atoms with Gasteiger partial charge in [0.1, 0.15) is 0 Å². The van der Waals surface area contributed by atoms with E-state index in [1.807, 2.05) is 6.07 Å². The zero-order chi connectivity index (χ0) is 18.3. The van der Waals surface area contributed by atoms with E-state index in [1.54, 1.807) is 0 Å². The summed E-state index contributed by atoms with van der Waals surface area (Å²) in [7, 11) is -10.7. The fourth-order valence-corrected chi connectivity index (χ4v) is 2.71. The quantitative estimate of drug-likeness (QED) is 0.158. The third kappa shape index (κ3) is 13.5. The molecule has 0 saturated heterocycles. The zero-order valence-corrected chi connectivity index (χ0v) is 14.9. The summed E-state index contributed by atoms with van der Waals surface area (Å²) >= 11 is 6.96. The minimum atomic E-state index is -10.7. The van der Waals surface area contributed by atoms with Crippen LogP contribution in [0.2, 0.25) is 0 Å². The molecule has 136 valence electrons. The molecule has 9 heteroatoms. The number of benzene rings is 2. The Morgan fingerprint density at radius 1 is 0.750 bits per heavy atom. The van der Waals surface area contributed by atoms with Crippen LogP contribution in [0.4, 0.5) is 25.2 Å². The summed E-state index contributed by atoms with van der Waals surface area (Å²) in [4.78, 5) is 2.67. The molecule has 0 radical (unpaired) electrons. The third-order valence-corrected chi connectivity index (χ3v) is 3.93. The molecule has 0 aliphatic carbocycles. The second-order valence-corrected chi connectivity index (χ2v) is 8.42. The van der Waals surface area contributed by atoms with Gasteiger partial charge in [0.05, 0.1) is 0 Å². The van der Waals surface area contributed by atoms with Gasteiger partial charge in [0.25, 0.3) is 0 Å². The van der Waals surface area contributed by atoms with Crippen molar-refractivity contribution in [2.24, 2.45) is 0 Å². The molecule has 24 heavy (non-hydrogen) atoms. The van der Waals surface area contributed by atoms with Gasteiger partial charge >= 0.3 is 33.0 Å². The Kier molecular flexibility index (Phi) is 6.64. The minimum absolute atomic E-state index is 0.740. The van der Waals surface area contributed by atoms with E-state index in [-0.39, 0.29) is 0 Å². The summed E-state index contributed by atoms with van der Waals surface area (Å²) in [5.41, 5.74) is 1.37. The summed E-state index contributed by atoms with van der Waals surface area (Å²) in [6.07, 6.45) is 2.13. The maximum absolute atomic E-state index is 10.7. The molecular weight excluding hydrogens is 393 g/mol. The first-order valence-corrected chi connectivity index (χ1v) is 10.3. The molecule has 0 nitrogen and oxygen atoms in total. The van der Waals surface area contributed by atoms with Crippen LogP contribution in [0.15, 0.2) is 64.4 Å². The molecule has 0 fully saturated rings. The average molecular weight is 409 g/mol. The van der Waals surface area contributed by atoms with Crippen molar-refractivity contribution < 1.29 is 25.2 Å². The molecule has 2 aromatic rings. The molecule has 0 aliphatic heterocycles. The first-order valence-electron chi connectivity index (χ1n) is 6.81. The molecule has 0 aliphatic rings. The summed E-state index contributed by atoms with van der Waals surface area (Å²) in [6, 6.07) is 19.3. The van der Waals surface area contributed by atoms with E-state index in [9.17, 15) is 25.2 Å². The van der Waals surface area contributed by atoms with Crippen molar-refractivity contribution in [3.05, 3.63) is 60.2 Å². The van der Waals surface area contributed by atoms with Crippen LogP contribution in [0.25, 0.3) is 0 Å². The second kappa shape index (κ2) is 7.54. The molecule has 0 saturated carbocycles. The molecule has 0 aromatic heterocycles. The van der Waals surface area contributed by atoms with Gasteiger partial charge < -0.3 is 0 Å². The zero-order valence-electron chi connectivity index (χ0n) is 12.4. The summed E-state index contributed by atoms with van der Waals surface area (Å²) in [6.45, 7) is 0. The van der Waals surface area contributed by atoms with Gasteiger partial charge in [0.2, 0.25) is 0 Å². The standard InChI is InChI=1S/C15H15ClS.F6P/c16-12-4-5-13-8-10-15(11-9-13)17-14-6-2-1-3-7-14;1-7(2,3,4,5)6/h1-3,6-11H,4-5,12H2;/q;-1/p+1. The van der Waals surface area contributed by atoms with Crippen molar-refractivity contribution in [1.82, 2.24) is 0 Å². The molecule has 0 unspecified atom stereocenters. The molecule has 2 aromatic carbocycles. The SMILES string of the molecule is ClCCCc1ccc([SH+]c2ccccc2)cc1.F[P-](F)(F)(F)(F)F. The Labute approximate surface area is 145 Å². The Hall–Kier alpha value is -0.910. The first-order chi connectivity index (χ1) is 10.8. The van der Waals surface area contributed by atoms with E-state index in [4.69, 9.17) is 11.6 Å². The van der Waals surface area contributed by atoms with Crippen LogP contribution in [0.3, 0.4) is 0 Å². The predicted octanol–water partition coefficient (Wildman–Crippen LogP) is 7.47. The van der Waals surface area contributed by atoms with Crippen LogP contribution < -0.4 is 0 Å². The van der Waals surface area contributed by atoms with Gasteiger partial charge in [-0.3, -0.25) is 0 Å². The normalized spacial score (nSPS) is 14.1. The van der Waals surface area contributed by atoms with E-state index in [1.165, 1.54) is 27.1 Å². The summed E-state index contributed by atoms with van der Waals surface area (Å²) in [5, 5.41) is 0. The van der Waals surface area contributed by atoms with E-state index in [0.29, 0.717) is 0 Å². The molecule has 0 N–H and O–H groups in total. The van der Waals surface area contributed by atoms with Crippen LogP contribution >= 0.6 is 19.4 Å². The third-order valence-electron chi connectivity index (χ3n) is 2.55. The summed E-state index contributed by atoms with van der Waals surface area (Å²) < 4.78 is 59.2. The van der Waals surface area contributed by atoms with E-state index in [2.05, 4.69) is 48.5 Å². The number of alkyl halides is 1. The average Bonchev–Trinajstić information content (AvgIpc) is 2.44. The van der Waals surface area contributed by atoms with Crippen LogP contribution in [-0.2, 0) is 18.2 Å². The monoisotopic (exact) mass is 408 g/mol. The van der Waals surface area contributed by atoms with Crippen molar-refractivity contribution in [2.75, 3.05) is 5.88 Å². The fraction of sp³-hybridized carbons (Fsp3) is 0.200. The maximum atomic E-state index is 9.87. The van der Waals surface area contributed by atoms with Gasteiger partial charge in [-0.05, 0) is 42.7 Å². The fourth-order valence-electron chi connectivity index (χ4n) is 1.66. The Morgan fingerprint density at radius 2 is 1.21 bits per heavy atom.